The number of hydrogen-bond acceptors (Lipinski definition) is 7. The summed E-state index contributed by atoms with van der Waals surface area (Å²) in [7, 11) is 0. The highest BCUT2D eigenvalue weighted by Crippen LogP contribution is 2.32. The summed E-state index contributed by atoms with van der Waals surface area (Å²) >= 11 is 1.69. The van der Waals surface area contributed by atoms with Crippen molar-refractivity contribution in [1.82, 2.24) is 25.2 Å². The van der Waals surface area contributed by atoms with Crippen LogP contribution in [-0.2, 0) is 4.79 Å². The van der Waals surface area contributed by atoms with Gasteiger partial charge in [-0.1, -0.05) is 0 Å². The zero-order chi connectivity index (χ0) is 20.7. The highest BCUT2D eigenvalue weighted by molar-refractivity contribution is 7.15. The van der Waals surface area contributed by atoms with Crippen LogP contribution in [0.15, 0.2) is 12.3 Å². The number of rotatable bonds is 5. The van der Waals surface area contributed by atoms with Crippen LogP contribution in [0, 0.1) is 19.8 Å². The van der Waals surface area contributed by atoms with Crippen molar-refractivity contribution in [3.05, 3.63) is 23.0 Å². The van der Waals surface area contributed by atoms with Gasteiger partial charge in [-0.15, -0.1) is 11.3 Å². The number of thiazole rings is 1. The van der Waals surface area contributed by atoms with E-state index < -0.39 is 0 Å². The van der Waals surface area contributed by atoms with Crippen LogP contribution >= 0.6 is 11.3 Å². The standard InChI is InChI=1S/C22H30N6OS/c1-14-20(30-15(2)24-14)19-5-9-23-22(26-19)28-12-8-18(13-28)25-17-6-10-27(11-7-17)21(29)16-3-4-16/h5,9,16-18,25H,3-4,6-8,10-13H2,1-2H3. The third kappa shape index (κ3) is 4.21. The molecule has 7 nitrogen and oxygen atoms in total. The van der Waals surface area contributed by atoms with Crippen molar-refractivity contribution < 1.29 is 4.79 Å². The van der Waals surface area contributed by atoms with Crippen molar-refractivity contribution in [2.75, 3.05) is 31.1 Å². The minimum Gasteiger partial charge on any atom is -0.342 e. The highest BCUT2D eigenvalue weighted by atomic mass is 32.1. The van der Waals surface area contributed by atoms with Crippen LogP contribution in [0.3, 0.4) is 0 Å². The molecular weight excluding hydrogens is 396 g/mol. The van der Waals surface area contributed by atoms with Crippen LogP contribution in [0.25, 0.3) is 10.6 Å². The first-order chi connectivity index (χ1) is 14.6. The number of carbonyl (C=O) groups is 1. The summed E-state index contributed by atoms with van der Waals surface area (Å²) in [4.78, 5) is 31.7. The smallest absolute Gasteiger partial charge is 0.225 e. The normalized spacial score (nSPS) is 22.7. The number of piperidine rings is 1. The SMILES string of the molecule is Cc1nc(C)c(-c2ccnc(N3CCC(NC4CCN(C(=O)C5CC5)CC4)C3)n2)s1. The first kappa shape index (κ1) is 19.9. The van der Waals surface area contributed by atoms with Crippen LogP contribution < -0.4 is 10.2 Å². The molecule has 2 aromatic rings. The molecule has 5 rings (SSSR count). The Morgan fingerprint density at radius 1 is 1.07 bits per heavy atom. The quantitative estimate of drug-likeness (QED) is 0.793. The van der Waals surface area contributed by atoms with Crippen LogP contribution in [0.1, 0.15) is 42.8 Å². The van der Waals surface area contributed by atoms with Crippen molar-refractivity contribution in [2.24, 2.45) is 5.92 Å². The lowest BCUT2D eigenvalue weighted by molar-refractivity contribution is -0.133. The number of nitrogens with zero attached hydrogens (tertiary/aromatic N) is 5. The number of aromatic nitrogens is 3. The minimum atomic E-state index is 0.339. The van der Waals surface area contributed by atoms with Gasteiger partial charge in [0.1, 0.15) is 0 Å². The molecule has 0 radical (unpaired) electrons. The van der Waals surface area contributed by atoms with E-state index in [-0.39, 0.29) is 0 Å². The molecule has 1 N–H and O–H groups in total. The number of anilines is 1. The van der Waals surface area contributed by atoms with E-state index in [1.807, 2.05) is 26.1 Å². The summed E-state index contributed by atoms with van der Waals surface area (Å²) in [6.45, 7) is 7.79. The molecule has 160 valence electrons. The molecule has 1 amide bonds. The lowest BCUT2D eigenvalue weighted by Crippen LogP contribution is -2.48. The van der Waals surface area contributed by atoms with E-state index in [1.165, 1.54) is 0 Å². The zero-order valence-electron chi connectivity index (χ0n) is 17.8. The van der Waals surface area contributed by atoms with Gasteiger partial charge >= 0.3 is 0 Å². The van der Waals surface area contributed by atoms with Gasteiger partial charge < -0.3 is 15.1 Å². The third-order valence-corrected chi connectivity index (χ3v) is 7.55. The summed E-state index contributed by atoms with van der Waals surface area (Å²) in [5.41, 5.74) is 2.00. The monoisotopic (exact) mass is 426 g/mol. The molecule has 0 aromatic carbocycles. The Morgan fingerprint density at radius 2 is 1.83 bits per heavy atom. The van der Waals surface area contributed by atoms with E-state index in [1.54, 1.807) is 11.3 Å². The van der Waals surface area contributed by atoms with Gasteiger partial charge in [0.15, 0.2) is 0 Å². The molecular formula is C22H30N6OS. The Bertz CT molecular complexity index is 918. The number of hydrogen-bond donors (Lipinski definition) is 1. The Kier molecular flexibility index (Phi) is 5.45. The fraction of sp³-hybridized carbons (Fsp3) is 0.636. The first-order valence-corrected chi connectivity index (χ1v) is 12.0. The van der Waals surface area contributed by atoms with E-state index in [4.69, 9.17) is 4.98 Å². The second-order valence-electron chi connectivity index (χ2n) is 8.86. The predicted molar refractivity (Wildman–Crippen MR) is 119 cm³/mol. The molecule has 3 fully saturated rings. The molecule has 1 atom stereocenters. The molecule has 8 heteroatoms. The largest absolute Gasteiger partial charge is 0.342 e. The lowest BCUT2D eigenvalue weighted by Gasteiger charge is -2.34. The molecule has 2 aliphatic heterocycles. The van der Waals surface area contributed by atoms with E-state index >= 15 is 0 Å². The maximum absolute atomic E-state index is 12.2. The van der Waals surface area contributed by atoms with Crippen molar-refractivity contribution >= 4 is 23.2 Å². The number of aryl methyl sites for hydroxylation is 2. The molecule has 2 aromatic heterocycles. The molecule has 0 bridgehead atoms. The second kappa shape index (κ2) is 8.23. The average Bonchev–Trinajstić information content (AvgIpc) is 3.41. The summed E-state index contributed by atoms with van der Waals surface area (Å²) in [5, 5.41) is 4.91. The van der Waals surface area contributed by atoms with Gasteiger partial charge in [0.05, 0.1) is 21.3 Å². The molecule has 1 unspecified atom stereocenters. The zero-order valence-corrected chi connectivity index (χ0v) is 18.6. The minimum absolute atomic E-state index is 0.339. The molecule has 2 saturated heterocycles. The van der Waals surface area contributed by atoms with Gasteiger partial charge in [0.25, 0.3) is 0 Å². The van der Waals surface area contributed by atoms with Crippen LogP contribution in [0.4, 0.5) is 5.95 Å². The van der Waals surface area contributed by atoms with Crippen molar-refractivity contribution in [3.63, 3.8) is 0 Å². The summed E-state index contributed by atoms with van der Waals surface area (Å²) in [5.74, 6) is 1.54. The molecule has 1 saturated carbocycles. The lowest BCUT2D eigenvalue weighted by atomic mass is 10.0. The Morgan fingerprint density at radius 3 is 2.53 bits per heavy atom. The van der Waals surface area contributed by atoms with Crippen LogP contribution in [0.5, 0.6) is 0 Å². The van der Waals surface area contributed by atoms with Crippen LogP contribution in [0.2, 0.25) is 0 Å². The number of carbonyl (C=O) groups excluding carboxylic acids is 1. The van der Waals surface area contributed by atoms with Crippen LogP contribution in [-0.4, -0.2) is 64.0 Å². The van der Waals surface area contributed by atoms with Gasteiger partial charge in [-0.2, -0.15) is 0 Å². The predicted octanol–water partition coefficient (Wildman–Crippen LogP) is 2.79. The third-order valence-electron chi connectivity index (χ3n) is 6.45. The average molecular weight is 427 g/mol. The van der Waals surface area contributed by atoms with Gasteiger partial charge in [-0.3, -0.25) is 4.79 Å². The summed E-state index contributed by atoms with van der Waals surface area (Å²) in [6.07, 6.45) is 7.28. The van der Waals surface area contributed by atoms with E-state index in [0.717, 1.165) is 85.5 Å². The summed E-state index contributed by atoms with van der Waals surface area (Å²) in [6, 6.07) is 2.94. The molecule has 3 aliphatic rings. The highest BCUT2D eigenvalue weighted by Gasteiger charge is 2.35. The Labute approximate surface area is 181 Å². The van der Waals surface area contributed by atoms with Gasteiger partial charge in [0, 0.05) is 50.4 Å². The van der Waals surface area contributed by atoms with Crippen molar-refractivity contribution in [2.45, 2.75) is 58.0 Å². The fourth-order valence-electron chi connectivity index (χ4n) is 4.66. The topological polar surface area (TPSA) is 74.2 Å². The maximum Gasteiger partial charge on any atom is 0.225 e. The number of likely N-dealkylation sites (tertiary alicyclic amines) is 1. The van der Waals surface area contributed by atoms with E-state index in [9.17, 15) is 4.79 Å². The van der Waals surface area contributed by atoms with Gasteiger partial charge in [-0.25, -0.2) is 15.0 Å². The van der Waals surface area contributed by atoms with Crippen molar-refractivity contribution in [1.29, 1.82) is 0 Å². The van der Waals surface area contributed by atoms with E-state index in [0.29, 0.717) is 23.9 Å². The van der Waals surface area contributed by atoms with E-state index in [2.05, 4.69) is 25.1 Å². The first-order valence-electron chi connectivity index (χ1n) is 11.1. The molecule has 1 aliphatic carbocycles. The maximum atomic E-state index is 12.2. The number of nitrogens with one attached hydrogen (secondary N) is 1. The number of amides is 1. The molecule has 0 spiro atoms. The van der Waals surface area contributed by atoms with Gasteiger partial charge in [-0.05, 0) is 52.0 Å². The Hall–Kier alpha value is -2.06. The second-order valence-corrected chi connectivity index (χ2v) is 10.1. The van der Waals surface area contributed by atoms with Crippen molar-refractivity contribution in [3.8, 4) is 10.6 Å². The summed E-state index contributed by atoms with van der Waals surface area (Å²) < 4.78 is 0. The molecule has 4 heterocycles. The molecule has 30 heavy (non-hydrogen) atoms. The fourth-order valence-corrected chi connectivity index (χ4v) is 5.55. The van der Waals surface area contributed by atoms with Gasteiger partial charge in [0.2, 0.25) is 11.9 Å². The Balaban J connectivity index is 1.16.